The fourth-order valence-electron chi connectivity index (χ4n) is 1.52. The molecule has 1 aromatic heterocycles. The van der Waals surface area contributed by atoms with Crippen molar-refractivity contribution in [3.8, 4) is 11.1 Å². The topological polar surface area (TPSA) is 76.2 Å². The van der Waals surface area contributed by atoms with E-state index in [1.807, 2.05) is 0 Å². The van der Waals surface area contributed by atoms with Crippen LogP contribution in [0.4, 0.5) is 10.2 Å². The van der Waals surface area contributed by atoms with E-state index in [-0.39, 0.29) is 22.0 Å². The Morgan fingerprint density at radius 3 is 2.72 bits per heavy atom. The first-order valence-electron chi connectivity index (χ1n) is 4.93. The first kappa shape index (κ1) is 12.3. The first-order valence-corrected chi connectivity index (χ1v) is 5.31. The smallest absolute Gasteiger partial charge is 0.339 e. The van der Waals surface area contributed by atoms with Crippen molar-refractivity contribution in [2.24, 2.45) is 0 Å². The van der Waals surface area contributed by atoms with Gasteiger partial charge in [-0.25, -0.2) is 14.2 Å². The zero-order valence-electron chi connectivity index (χ0n) is 9.02. The van der Waals surface area contributed by atoms with Crippen molar-refractivity contribution in [1.82, 2.24) is 4.98 Å². The molecule has 0 saturated carbocycles. The molecule has 0 spiro atoms. The number of pyridine rings is 1. The third-order valence-corrected chi connectivity index (χ3v) is 2.63. The van der Waals surface area contributed by atoms with Gasteiger partial charge in [0.05, 0.1) is 0 Å². The number of carboxylic acids is 1. The third kappa shape index (κ3) is 2.26. The average Bonchev–Trinajstić information content (AvgIpc) is 2.30. The van der Waals surface area contributed by atoms with Crippen molar-refractivity contribution in [3.05, 3.63) is 46.9 Å². The van der Waals surface area contributed by atoms with Crippen LogP contribution in [0.1, 0.15) is 10.4 Å². The minimum atomic E-state index is -1.21. The SMILES string of the molecule is Nc1ncc(-c2ccc(Cl)cc2F)cc1C(=O)O. The molecule has 4 nitrogen and oxygen atoms in total. The fraction of sp³-hybridized carbons (Fsp3) is 0. The van der Waals surface area contributed by atoms with Crippen LogP contribution >= 0.6 is 11.6 Å². The van der Waals surface area contributed by atoms with Crippen molar-refractivity contribution in [2.45, 2.75) is 0 Å². The summed E-state index contributed by atoms with van der Waals surface area (Å²) in [6, 6.07) is 5.39. The Kier molecular flexibility index (Phi) is 3.16. The molecule has 0 aliphatic carbocycles. The van der Waals surface area contributed by atoms with Gasteiger partial charge in [0.1, 0.15) is 17.2 Å². The molecule has 18 heavy (non-hydrogen) atoms. The van der Waals surface area contributed by atoms with Crippen LogP contribution < -0.4 is 5.73 Å². The Morgan fingerprint density at radius 1 is 1.39 bits per heavy atom. The van der Waals surface area contributed by atoms with Gasteiger partial charge in [-0.2, -0.15) is 0 Å². The van der Waals surface area contributed by atoms with E-state index >= 15 is 0 Å². The molecule has 0 amide bonds. The molecule has 0 atom stereocenters. The summed E-state index contributed by atoms with van der Waals surface area (Å²) in [5.41, 5.74) is 5.81. The summed E-state index contributed by atoms with van der Waals surface area (Å²) in [5, 5.41) is 9.18. The lowest BCUT2D eigenvalue weighted by Crippen LogP contribution is -2.04. The number of nitrogen functional groups attached to an aromatic ring is 1. The number of benzene rings is 1. The highest BCUT2D eigenvalue weighted by atomic mass is 35.5. The number of anilines is 1. The van der Waals surface area contributed by atoms with Crippen LogP contribution in [0, 0.1) is 5.82 Å². The van der Waals surface area contributed by atoms with E-state index in [1.165, 1.54) is 24.4 Å². The number of nitrogens with two attached hydrogens (primary N) is 1. The van der Waals surface area contributed by atoms with Gasteiger partial charge < -0.3 is 10.8 Å². The Hall–Kier alpha value is -2.14. The molecule has 92 valence electrons. The maximum absolute atomic E-state index is 13.7. The Balaban J connectivity index is 2.58. The fourth-order valence-corrected chi connectivity index (χ4v) is 1.68. The molecule has 1 aromatic carbocycles. The molecule has 2 rings (SSSR count). The second-order valence-electron chi connectivity index (χ2n) is 3.59. The molecular formula is C12H8ClFN2O2. The minimum Gasteiger partial charge on any atom is -0.478 e. The molecule has 0 fully saturated rings. The van der Waals surface area contributed by atoms with Gasteiger partial charge in [0.15, 0.2) is 0 Å². The second kappa shape index (κ2) is 4.62. The van der Waals surface area contributed by atoms with E-state index in [0.29, 0.717) is 5.56 Å². The number of aromatic nitrogens is 1. The highest BCUT2D eigenvalue weighted by Gasteiger charge is 2.13. The van der Waals surface area contributed by atoms with Crippen LogP contribution in [0.15, 0.2) is 30.5 Å². The van der Waals surface area contributed by atoms with Crippen molar-refractivity contribution in [2.75, 3.05) is 5.73 Å². The van der Waals surface area contributed by atoms with Crippen LogP contribution in [0.3, 0.4) is 0 Å². The van der Waals surface area contributed by atoms with Crippen molar-refractivity contribution in [1.29, 1.82) is 0 Å². The molecule has 0 aliphatic rings. The van der Waals surface area contributed by atoms with E-state index < -0.39 is 11.8 Å². The normalized spacial score (nSPS) is 10.3. The minimum absolute atomic E-state index is 0.111. The number of aromatic carboxylic acids is 1. The molecular weight excluding hydrogens is 259 g/mol. The lowest BCUT2D eigenvalue weighted by atomic mass is 10.1. The number of hydrogen-bond acceptors (Lipinski definition) is 3. The molecule has 3 N–H and O–H groups in total. The summed E-state index contributed by atoms with van der Waals surface area (Å²) < 4.78 is 13.7. The van der Waals surface area contributed by atoms with Gasteiger partial charge in [-0.1, -0.05) is 11.6 Å². The lowest BCUT2D eigenvalue weighted by molar-refractivity contribution is 0.0697. The summed E-state index contributed by atoms with van der Waals surface area (Å²) in [5.74, 6) is -1.87. The molecule has 2 aromatic rings. The molecule has 0 saturated heterocycles. The number of rotatable bonds is 2. The molecule has 0 radical (unpaired) electrons. The largest absolute Gasteiger partial charge is 0.478 e. The van der Waals surface area contributed by atoms with E-state index in [4.69, 9.17) is 22.4 Å². The van der Waals surface area contributed by atoms with E-state index in [2.05, 4.69) is 4.98 Å². The van der Waals surface area contributed by atoms with Gasteiger partial charge in [0.25, 0.3) is 0 Å². The van der Waals surface area contributed by atoms with Crippen LogP contribution in [-0.4, -0.2) is 16.1 Å². The highest BCUT2D eigenvalue weighted by Crippen LogP contribution is 2.26. The molecule has 1 heterocycles. The van der Waals surface area contributed by atoms with Crippen LogP contribution in [0.25, 0.3) is 11.1 Å². The number of nitrogens with zero attached hydrogens (tertiary/aromatic N) is 1. The van der Waals surface area contributed by atoms with Gasteiger partial charge in [0, 0.05) is 22.3 Å². The van der Waals surface area contributed by atoms with Gasteiger partial charge >= 0.3 is 5.97 Å². The predicted octanol–water partition coefficient (Wildman–Crippen LogP) is 2.82. The van der Waals surface area contributed by atoms with E-state index in [0.717, 1.165) is 6.07 Å². The number of halogens is 2. The van der Waals surface area contributed by atoms with Gasteiger partial charge in [0.2, 0.25) is 0 Å². The first-order chi connectivity index (χ1) is 8.49. The zero-order valence-corrected chi connectivity index (χ0v) is 9.78. The zero-order chi connectivity index (χ0) is 13.3. The monoisotopic (exact) mass is 266 g/mol. The number of carbonyl (C=O) groups is 1. The van der Waals surface area contributed by atoms with E-state index in [9.17, 15) is 9.18 Å². The maximum atomic E-state index is 13.7. The van der Waals surface area contributed by atoms with Crippen LogP contribution in [-0.2, 0) is 0 Å². The van der Waals surface area contributed by atoms with Crippen molar-refractivity contribution in [3.63, 3.8) is 0 Å². The Bertz CT molecular complexity index is 631. The Labute approximate surface area is 107 Å². The highest BCUT2D eigenvalue weighted by molar-refractivity contribution is 6.30. The van der Waals surface area contributed by atoms with Crippen molar-refractivity contribution >= 4 is 23.4 Å². The summed E-state index contributed by atoms with van der Waals surface area (Å²) in [6.07, 6.45) is 1.31. The van der Waals surface area contributed by atoms with Gasteiger partial charge in [-0.15, -0.1) is 0 Å². The maximum Gasteiger partial charge on any atom is 0.339 e. The molecule has 0 bridgehead atoms. The molecule has 0 unspecified atom stereocenters. The molecule has 6 heteroatoms. The number of hydrogen-bond donors (Lipinski definition) is 2. The van der Waals surface area contributed by atoms with Crippen LogP contribution in [0.5, 0.6) is 0 Å². The van der Waals surface area contributed by atoms with Gasteiger partial charge in [-0.05, 0) is 24.3 Å². The van der Waals surface area contributed by atoms with Gasteiger partial charge in [-0.3, -0.25) is 0 Å². The average molecular weight is 267 g/mol. The molecule has 0 aliphatic heterocycles. The predicted molar refractivity (Wildman–Crippen MR) is 66.0 cm³/mol. The van der Waals surface area contributed by atoms with Crippen LogP contribution in [0.2, 0.25) is 5.02 Å². The lowest BCUT2D eigenvalue weighted by Gasteiger charge is -2.06. The van der Waals surface area contributed by atoms with E-state index in [1.54, 1.807) is 0 Å². The van der Waals surface area contributed by atoms with Crippen molar-refractivity contribution < 1.29 is 14.3 Å². The summed E-state index contributed by atoms with van der Waals surface area (Å²) in [7, 11) is 0. The quantitative estimate of drug-likeness (QED) is 0.876. The standard InChI is InChI=1S/C12H8ClFN2O2/c13-7-1-2-8(10(14)4-7)6-3-9(12(17)18)11(15)16-5-6/h1-5H,(H2,15,16)(H,17,18). The summed E-state index contributed by atoms with van der Waals surface area (Å²) >= 11 is 5.64. The third-order valence-electron chi connectivity index (χ3n) is 2.39. The second-order valence-corrected chi connectivity index (χ2v) is 4.02. The summed E-state index contributed by atoms with van der Waals surface area (Å²) in [4.78, 5) is 14.6. The Morgan fingerprint density at radius 2 is 2.11 bits per heavy atom. The number of carboxylic acid groups (broad SMARTS) is 1. The summed E-state index contributed by atoms with van der Waals surface area (Å²) in [6.45, 7) is 0.